The number of benzene rings is 2. The molecular weight excluding hydrogens is 330 g/mol. The first-order chi connectivity index (χ1) is 12.2. The van der Waals surface area contributed by atoms with Gasteiger partial charge in [-0.3, -0.25) is 9.59 Å². The highest BCUT2D eigenvalue weighted by atomic mass is 32.2. The van der Waals surface area contributed by atoms with Crippen LogP contribution in [0.5, 0.6) is 0 Å². The molecule has 1 saturated heterocycles. The molecule has 3 rings (SSSR count). The van der Waals surface area contributed by atoms with Crippen molar-refractivity contribution in [2.75, 3.05) is 18.8 Å². The van der Waals surface area contributed by atoms with Gasteiger partial charge in [0, 0.05) is 42.5 Å². The summed E-state index contributed by atoms with van der Waals surface area (Å²) in [6, 6.07) is 19.7. The number of nitrogens with zero attached hydrogens (tertiary/aromatic N) is 1. The molecule has 0 radical (unpaired) electrons. The number of ketones is 1. The molecule has 1 aliphatic heterocycles. The molecule has 1 atom stereocenters. The van der Waals surface area contributed by atoms with Crippen molar-refractivity contribution in [3.8, 4) is 0 Å². The number of Topliss-reactive ketones (excluding diaryl/α,β-unsaturated/α-hetero) is 1. The van der Waals surface area contributed by atoms with E-state index in [1.54, 1.807) is 12.1 Å². The van der Waals surface area contributed by atoms with Gasteiger partial charge in [-0.05, 0) is 12.0 Å². The van der Waals surface area contributed by atoms with E-state index < -0.39 is 0 Å². The van der Waals surface area contributed by atoms with Crippen molar-refractivity contribution in [1.29, 1.82) is 0 Å². The summed E-state index contributed by atoms with van der Waals surface area (Å²) in [6.45, 7) is 1.54. The zero-order valence-corrected chi connectivity index (χ0v) is 15.1. The molecule has 25 heavy (non-hydrogen) atoms. The summed E-state index contributed by atoms with van der Waals surface area (Å²) in [6.07, 6.45) is 1.55. The maximum absolute atomic E-state index is 12.5. The SMILES string of the molecule is O=C(CCC(=O)N1CCSC(c2ccccc2)CC1)c1ccccc1. The summed E-state index contributed by atoms with van der Waals surface area (Å²) in [4.78, 5) is 26.6. The van der Waals surface area contributed by atoms with Crippen molar-refractivity contribution in [1.82, 2.24) is 4.90 Å². The lowest BCUT2D eigenvalue weighted by atomic mass is 10.1. The van der Waals surface area contributed by atoms with E-state index in [-0.39, 0.29) is 18.1 Å². The number of hydrogen-bond donors (Lipinski definition) is 0. The van der Waals surface area contributed by atoms with Crippen molar-refractivity contribution in [2.24, 2.45) is 0 Å². The minimum atomic E-state index is 0.0420. The number of thioether (sulfide) groups is 1. The molecule has 0 spiro atoms. The van der Waals surface area contributed by atoms with Gasteiger partial charge in [0.05, 0.1) is 0 Å². The lowest BCUT2D eigenvalue weighted by molar-refractivity contribution is -0.130. The Morgan fingerprint density at radius 3 is 2.32 bits per heavy atom. The van der Waals surface area contributed by atoms with Crippen LogP contribution in [0.15, 0.2) is 60.7 Å². The van der Waals surface area contributed by atoms with Gasteiger partial charge in [0.1, 0.15) is 0 Å². The first-order valence-electron chi connectivity index (χ1n) is 8.76. The van der Waals surface area contributed by atoms with Crippen molar-refractivity contribution in [3.63, 3.8) is 0 Å². The Labute approximate surface area is 153 Å². The van der Waals surface area contributed by atoms with E-state index in [0.717, 1.165) is 25.3 Å². The number of hydrogen-bond acceptors (Lipinski definition) is 3. The first-order valence-corrected chi connectivity index (χ1v) is 9.81. The number of rotatable bonds is 5. The van der Waals surface area contributed by atoms with Crippen molar-refractivity contribution in [2.45, 2.75) is 24.5 Å². The summed E-state index contributed by atoms with van der Waals surface area (Å²) in [7, 11) is 0. The molecule has 1 amide bonds. The van der Waals surface area contributed by atoms with Gasteiger partial charge in [0.2, 0.25) is 5.91 Å². The molecule has 0 bridgehead atoms. The minimum Gasteiger partial charge on any atom is -0.342 e. The van der Waals surface area contributed by atoms with Gasteiger partial charge in [-0.15, -0.1) is 0 Å². The maximum Gasteiger partial charge on any atom is 0.223 e. The molecular formula is C21H23NO2S. The quantitative estimate of drug-likeness (QED) is 0.750. The predicted molar refractivity (Wildman–Crippen MR) is 103 cm³/mol. The van der Waals surface area contributed by atoms with Crippen molar-refractivity contribution in [3.05, 3.63) is 71.8 Å². The van der Waals surface area contributed by atoms with Gasteiger partial charge in [-0.2, -0.15) is 11.8 Å². The van der Waals surface area contributed by atoms with Gasteiger partial charge in [-0.1, -0.05) is 60.7 Å². The predicted octanol–water partition coefficient (Wildman–Crippen LogP) is 4.36. The Kier molecular flexibility index (Phi) is 6.29. The fourth-order valence-corrected chi connectivity index (χ4v) is 4.33. The molecule has 3 nitrogen and oxygen atoms in total. The maximum atomic E-state index is 12.5. The second kappa shape index (κ2) is 8.86. The first kappa shape index (κ1) is 17.7. The van der Waals surface area contributed by atoms with Gasteiger partial charge < -0.3 is 4.90 Å². The lowest BCUT2D eigenvalue weighted by Gasteiger charge is -2.20. The molecule has 130 valence electrons. The fourth-order valence-electron chi connectivity index (χ4n) is 3.10. The van der Waals surface area contributed by atoms with Crippen LogP contribution in [0.2, 0.25) is 0 Å². The number of carbonyl (C=O) groups excluding carboxylic acids is 2. The zero-order valence-electron chi connectivity index (χ0n) is 14.3. The Bertz CT molecular complexity index is 702. The van der Waals surface area contributed by atoms with Crippen LogP contribution in [0, 0.1) is 0 Å². The van der Waals surface area contributed by atoms with Crippen LogP contribution in [-0.2, 0) is 4.79 Å². The second-order valence-electron chi connectivity index (χ2n) is 6.23. The normalized spacial score (nSPS) is 17.8. The van der Waals surface area contributed by atoms with E-state index in [1.807, 2.05) is 40.9 Å². The van der Waals surface area contributed by atoms with Gasteiger partial charge >= 0.3 is 0 Å². The second-order valence-corrected chi connectivity index (χ2v) is 7.54. The fraction of sp³-hybridized carbons (Fsp3) is 0.333. The highest BCUT2D eigenvalue weighted by molar-refractivity contribution is 7.99. The van der Waals surface area contributed by atoms with Crippen molar-refractivity contribution >= 4 is 23.5 Å². The van der Waals surface area contributed by atoms with Crippen LogP contribution >= 0.6 is 11.8 Å². The number of carbonyl (C=O) groups is 2. The lowest BCUT2D eigenvalue weighted by Crippen LogP contribution is -2.33. The van der Waals surface area contributed by atoms with E-state index in [4.69, 9.17) is 0 Å². The monoisotopic (exact) mass is 353 g/mol. The molecule has 1 aliphatic rings. The molecule has 0 aromatic heterocycles. The van der Waals surface area contributed by atoms with E-state index in [2.05, 4.69) is 24.3 Å². The van der Waals surface area contributed by atoms with Crippen LogP contribution in [0.25, 0.3) is 0 Å². The summed E-state index contributed by atoms with van der Waals surface area (Å²) in [5.41, 5.74) is 2.02. The molecule has 1 unspecified atom stereocenters. The summed E-state index contributed by atoms with van der Waals surface area (Å²) in [5.74, 6) is 1.08. The molecule has 0 aliphatic carbocycles. The average Bonchev–Trinajstić information content (AvgIpc) is 2.93. The Morgan fingerprint density at radius 2 is 1.60 bits per heavy atom. The standard InChI is InChI=1S/C21H23NO2S/c23-19(17-7-3-1-4-8-17)11-12-21(24)22-14-13-20(25-16-15-22)18-9-5-2-6-10-18/h1-10,20H,11-16H2. The molecule has 2 aromatic rings. The number of amides is 1. The molecule has 4 heteroatoms. The van der Waals surface area contributed by atoms with Gasteiger partial charge in [-0.25, -0.2) is 0 Å². The largest absolute Gasteiger partial charge is 0.342 e. The van der Waals surface area contributed by atoms with Crippen LogP contribution in [-0.4, -0.2) is 35.4 Å². The van der Waals surface area contributed by atoms with Crippen LogP contribution in [0.1, 0.15) is 40.4 Å². The third-order valence-corrected chi connectivity index (χ3v) is 5.86. The van der Waals surface area contributed by atoms with Gasteiger partial charge in [0.15, 0.2) is 5.78 Å². The van der Waals surface area contributed by atoms with Crippen LogP contribution in [0.3, 0.4) is 0 Å². The molecule has 1 fully saturated rings. The van der Waals surface area contributed by atoms with E-state index in [0.29, 0.717) is 17.2 Å². The summed E-state index contributed by atoms with van der Waals surface area (Å²) < 4.78 is 0. The smallest absolute Gasteiger partial charge is 0.223 e. The van der Waals surface area contributed by atoms with Crippen LogP contribution in [0.4, 0.5) is 0 Å². The third kappa shape index (κ3) is 4.95. The molecule has 0 saturated carbocycles. The van der Waals surface area contributed by atoms with Crippen LogP contribution < -0.4 is 0 Å². The van der Waals surface area contributed by atoms with E-state index in [1.165, 1.54) is 5.56 Å². The Morgan fingerprint density at radius 1 is 0.920 bits per heavy atom. The zero-order chi connectivity index (χ0) is 17.5. The highest BCUT2D eigenvalue weighted by Gasteiger charge is 2.22. The Hall–Kier alpha value is -2.07. The third-order valence-electron chi connectivity index (χ3n) is 4.53. The topological polar surface area (TPSA) is 37.4 Å². The van der Waals surface area contributed by atoms with E-state index >= 15 is 0 Å². The minimum absolute atomic E-state index is 0.0420. The van der Waals surface area contributed by atoms with Crippen molar-refractivity contribution < 1.29 is 9.59 Å². The molecule has 0 N–H and O–H groups in total. The molecule has 1 heterocycles. The van der Waals surface area contributed by atoms with E-state index in [9.17, 15) is 9.59 Å². The summed E-state index contributed by atoms with van der Waals surface area (Å²) >= 11 is 1.92. The Balaban J connectivity index is 1.50. The van der Waals surface area contributed by atoms with Gasteiger partial charge in [0.25, 0.3) is 0 Å². The molecule has 2 aromatic carbocycles. The highest BCUT2D eigenvalue weighted by Crippen LogP contribution is 2.34. The summed E-state index contributed by atoms with van der Waals surface area (Å²) in [5, 5.41) is 0.449. The average molecular weight is 353 g/mol.